The second-order valence-corrected chi connectivity index (χ2v) is 8.03. The van der Waals surface area contributed by atoms with Crippen molar-refractivity contribution in [1.82, 2.24) is 4.98 Å². The number of ether oxygens (including phenoxy) is 3. The van der Waals surface area contributed by atoms with Gasteiger partial charge in [0, 0.05) is 23.8 Å². The molecule has 1 aromatic heterocycles. The molecule has 2 N–H and O–H groups in total. The van der Waals surface area contributed by atoms with Gasteiger partial charge >= 0.3 is 11.9 Å². The van der Waals surface area contributed by atoms with Crippen LogP contribution in [0.1, 0.15) is 24.1 Å². The molecule has 0 saturated carbocycles. The van der Waals surface area contributed by atoms with Gasteiger partial charge < -0.3 is 24.4 Å². The number of aliphatic carboxylic acids is 2. The molecule has 184 valence electrons. The Kier molecular flexibility index (Phi) is 7.97. The molecule has 1 unspecified atom stereocenters. The minimum Gasteiger partial charge on any atom is -0.489 e. The molecule has 1 atom stereocenters. The number of fused-ring (bicyclic) bond motifs is 1. The van der Waals surface area contributed by atoms with E-state index in [0.717, 1.165) is 16.6 Å². The molecule has 0 spiro atoms. The largest absolute Gasteiger partial charge is 0.489 e. The van der Waals surface area contributed by atoms with Crippen molar-refractivity contribution in [2.75, 3.05) is 0 Å². The first-order chi connectivity index (χ1) is 17.5. The third-order valence-electron chi connectivity index (χ3n) is 5.40. The summed E-state index contributed by atoms with van der Waals surface area (Å²) in [5.74, 6) is -0.701. The van der Waals surface area contributed by atoms with Crippen LogP contribution in [0.2, 0.25) is 0 Å². The lowest BCUT2D eigenvalue weighted by Crippen LogP contribution is -2.28. The molecule has 0 aliphatic heterocycles. The van der Waals surface area contributed by atoms with Gasteiger partial charge in [-0.05, 0) is 42.5 Å². The maximum Gasteiger partial charge on any atom is 0.344 e. The van der Waals surface area contributed by atoms with Crippen molar-refractivity contribution in [2.24, 2.45) is 0 Å². The van der Waals surface area contributed by atoms with E-state index in [9.17, 15) is 14.7 Å². The highest BCUT2D eigenvalue weighted by atomic mass is 16.5. The van der Waals surface area contributed by atoms with Crippen LogP contribution in [0.3, 0.4) is 0 Å². The van der Waals surface area contributed by atoms with E-state index in [0.29, 0.717) is 29.4 Å². The summed E-state index contributed by atoms with van der Waals surface area (Å²) in [6, 6.07) is 25.9. The van der Waals surface area contributed by atoms with Crippen LogP contribution < -0.4 is 14.2 Å². The number of carboxylic acids is 2. The Morgan fingerprint density at radius 3 is 2.17 bits per heavy atom. The normalized spacial score (nSPS) is 11.6. The minimum atomic E-state index is -1.27. The maximum absolute atomic E-state index is 11.5. The SMILES string of the molecule is O=C(O)CCC(Oc1ccccc1COc1ccc(OCc2ccc3ccccc3n2)cc1)C(=O)O. The standard InChI is InChI=1S/C28H25NO7/c30-27(31)16-15-26(28(32)33)36-25-8-4-2-6-20(25)17-34-22-11-13-23(14-12-22)35-18-21-10-9-19-5-1-3-7-24(19)29-21/h1-14,26H,15-18H2,(H,30,31)(H,32,33). The summed E-state index contributed by atoms with van der Waals surface area (Å²) in [5, 5.41) is 19.3. The summed E-state index contributed by atoms with van der Waals surface area (Å²) in [5.41, 5.74) is 2.39. The molecule has 0 aliphatic rings. The second kappa shape index (κ2) is 11.7. The van der Waals surface area contributed by atoms with E-state index in [1.165, 1.54) is 0 Å². The number of carboxylic acid groups (broad SMARTS) is 2. The van der Waals surface area contributed by atoms with Crippen molar-refractivity contribution in [3.05, 3.63) is 96.2 Å². The molecular formula is C28H25NO7. The first kappa shape index (κ1) is 24.5. The second-order valence-electron chi connectivity index (χ2n) is 8.03. The van der Waals surface area contributed by atoms with Crippen molar-refractivity contribution >= 4 is 22.8 Å². The fraction of sp³-hybridized carbons (Fsp3) is 0.179. The fourth-order valence-electron chi connectivity index (χ4n) is 3.52. The highest BCUT2D eigenvalue weighted by Gasteiger charge is 2.22. The molecule has 4 rings (SSSR count). The topological polar surface area (TPSA) is 115 Å². The summed E-state index contributed by atoms with van der Waals surface area (Å²) >= 11 is 0. The predicted octanol–water partition coefficient (Wildman–Crippen LogP) is 5.09. The Hall–Kier alpha value is -4.59. The Balaban J connectivity index is 1.33. The molecule has 36 heavy (non-hydrogen) atoms. The lowest BCUT2D eigenvalue weighted by molar-refractivity contribution is -0.146. The molecule has 0 amide bonds. The number of aromatic nitrogens is 1. The maximum atomic E-state index is 11.5. The lowest BCUT2D eigenvalue weighted by Gasteiger charge is -2.17. The molecule has 8 heteroatoms. The van der Waals surface area contributed by atoms with E-state index in [1.54, 1.807) is 48.5 Å². The van der Waals surface area contributed by atoms with Crippen LogP contribution in [-0.4, -0.2) is 33.2 Å². The Bertz CT molecular complexity index is 1340. The number of hydrogen-bond acceptors (Lipinski definition) is 6. The van der Waals surface area contributed by atoms with Gasteiger partial charge in [0.15, 0.2) is 6.10 Å². The summed E-state index contributed by atoms with van der Waals surface area (Å²) in [6.07, 6.45) is -1.72. The predicted molar refractivity (Wildman–Crippen MR) is 132 cm³/mol. The van der Waals surface area contributed by atoms with Crippen molar-refractivity contribution in [1.29, 1.82) is 0 Å². The zero-order valence-electron chi connectivity index (χ0n) is 19.4. The number of pyridine rings is 1. The van der Waals surface area contributed by atoms with E-state index >= 15 is 0 Å². The zero-order valence-corrected chi connectivity index (χ0v) is 19.4. The zero-order chi connectivity index (χ0) is 25.3. The molecule has 0 aliphatic carbocycles. The average Bonchev–Trinajstić information content (AvgIpc) is 2.89. The number of rotatable bonds is 12. The number of benzene rings is 3. The number of nitrogens with zero attached hydrogens (tertiary/aromatic N) is 1. The van der Waals surface area contributed by atoms with Gasteiger partial charge in [0.2, 0.25) is 0 Å². The minimum absolute atomic E-state index is 0.142. The number of para-hydroxylation sites is 2. The highest BCUT2D eigenvalue weighted by molar-refractivity contribution is 5.78. The molecule has 0 saturated heterocycles. The molecule has 0 radical (unpaired) electrons. The lowest BCUT2D eigenvalue weighted by atomic mass is 10.1. The molecular weight excluding hydrogens is 462 g/mol. The van der Waals surface area contributed by atoms with Crippen LogP contribution in [0.25, 0.3) is 10.9 Å². The van der Waals surface area contributed by atoms with E-state index in [2.05, 4.69) is 4.98 Å². The third kappa shape index (κ3) is 6.73. The van der Waals surface area contributed by atoms with Crippen molar-refractivity contribution in [3.8, 4) is 17.2 Å². The number of hydrogen-bond donors (Lipinski definition) is 2. The van der Waals surface area contributed by atoms with Gasteiger partial charge in [-0.2, -0.15) is 0 Å². The quantitative estimate of drug-likeness (QED) is 0.284. The summed E-state index contributed by atoms with van der Waals surface area (Å²) in [4.78, 5) is 26.9. The first-order valence-electron chi connectivity index (χ1n) is 11.4. The van der Waals surface area contributed by atoms with Crippen LogP contribution in [-0.2, 0) is 22.8 Å². The fourth-order valence-corrected chi connectivity index (χ4v) is 3.52. The monoisotopic (exact) mass is 487 g/mol. The van der Waals surface area contributed by atoms with Gasteiger partial charge in [0.25, 0.3) is 0 Å². The van der Waals surface area contributed by atoms with Gasteiger partial charge in [0.1, 0.15) is 30.5 Å². The van der Waals surface area contributed by atoms with Crippen molar-refractivity contribution < 1.29 is 34.0 Å². The Morgan fingerprint density at radius 1 is 0.778 bits per heavy atom. The molecule has 8 nitrogen and oxygen atoms in total. The Morgan fingerprint density at radius 2 is 1.44 bits per heavy atom. The van der Waals surface area contributed by atoms with Crippen LogP contribution >= 0.6 is 0 Å². The highest BCUT2D eigenvalue weighted by Crippen LogP contribution is 2.24. The molecule has 4 aromatic rings. The summed E-state index contributed by atoms with van der Waals surface area (Å²) in [7, 11) is 0. The van der Waals surface area contributed by atoms with Gasteiger partial charge in [-0.25, -0.2) is 9.78 Å². The van der Waals surface area contributed by atoms with Gasteiger partial charge in [0.05, 0.1) is 11.2 Å². The van der Waals surface area contributed by atoms with Gasteiger partial charge in [-0.3, -0.25) is 4.79 Å². The Labute approximate surface area is 207 Å². The van der Waals surface area contributed by atoms with Crippen LogP contribution in [0.4, 0.5) is 0 Å². The van der Waals surface area contributed by atoms with E-state index in [1.807, 2.05) is 36.4 Å². The summed E-state index contributed by atoms with van der Waals surface area (Å²) < 4.78 is 17.3. The summed E-state index contributed by atoms with van der Waals surface area (Å²) in [6.45, 7) is 0.477. The van der Waals surface area contributed by atoms with Gasteiger partial charge in [-0.1, -0.05) is 42.5 Å². The molecule has 1 heterocycles. The first-order valence-corrected chi connectivity index (χ1v) is 11.4. The van der Waals surface area contributed by atoms with Crippen molar-refractivity contribution in [2.45, 2.75) is 32.2 Å². The van der Waals surface area contributed by atoms with Crippen molar-refractivity contribution in [3.63, 3.8) is 0 Å². The van der Waals surface area contributed by atoms with Crippen LogP contribution in [0.15, 0.2) is 84.9 Å². The van der Waals surface area contributed by atoms with E-state index in [4.69, 9.17) is 19.3 Å². The molecule has 0 bridgehead atoms. The smallest absolute Gasteiger partial charge is 0.344 e. The van der Waals surface area contributed by atoms with E-state index in [-0.39, 0.29) is 19.4 Å². The third-order valence-corrected chi connectivity index (χ3v) is 5.40. The molecule has 0 fully saturated rings. The van der Waals surface area contributed by atoms with E-state index < -0.39 is 18.0 Å². The van der Waals surface area contributed by atoms with Crippen LogP contribution in [0.5, 0.6) is 17.2 Å². The number of carbonyl (C=O) groups is 2. The average molecular weight is 488 g/mol. The van der Waals surface area contributed by atoms with Gasteiger partial charge in [-0.15, -0.1) is 0 Å². The molecule has 3 aromatic carbocycles. The van der Waals surface area contributed by atoms with Crippen LogP contribution in [0, 0.1) is 0 Å².